The molecule has 0 aromatic heterocycles. The highest BCUT2D eigenvalue weighted by Gasteiger charge is 2.62. The van der Waals surface area contributed by atoms with Crippen LogP contribution in [0.1, 0.15) is 36.8 Å². The summed E-state index contributed by atoms with van der Waals surface area (Å²) in [4.78, 5) is 2.60. The monoisotopic (exact) mass is 285 g/mol. The van der Waals surface area contributed by atoms with Crippen molar-refractivity contribution in [2.45, 2.75) is 49.7 Å². The van der Waals surface area contributed by atoms with E-state index in [4.69, 9.17) is 9.47 Å². The molecule has 0 N–H and O–H groups in total. The van der Waals surface area contributed by atoms with Gasteiger partial charge in [-0.05, 0) is 63.2 Å². The van der Waals surface area contributed by atoms with Crippen LogP contribution in [-0.4, -0.2) is 37.7 Å². The molecule has 21 heavy (non-hydrogen) atoms. The number of methoxy groups -OCH3 is 1. The lowest BCUT2D eigenvalue weighted by atomic mass is 9.52. The van der Waals surface area contributed by atoms with Crippen LogP contribution < -0.4 is 9.47 Å². The normalized spacial score (nSPS) is 39.6. The SMILES string of the molecule is COc1ccc2c3c1O[C@@H]1CCC[C@@H]4[C@H](C2)N(C)CC[C@]341. The highest BCUT2D eigenvalue weighted by Crippen LogP contribution is 2.63. The fraction of sp³-hybridized carbons (Fsp3) is 0.667. The molecule has 0 unspecified atom stereocenters. The van der Waals surface area contributed by atoms with Crippen molar-refractivity contribution < 1.29 is 9.47 Å². The van der Waals surface area contributed by atoms with Crippen molar-refractivity contribution >= 4 is 0 Å². The summed E-state index contributed by atoms with van der Waals surface area (Å²) >= 11 is 0. The molecule has 2 bridgehead atoms. The van der Waals surface area contributed by atoms with Crippen LogP contribution in [-0.2, 0) is 11.8 Å². The number of hydrogen-bond donors (Lipinski definition) is 0. The highest BCUT2D eigenvalue weighted by molar-refractivity contribution is 5.60. The van der Waals surface area contributed by atoms with Gasteiger partial charge in [0.2, 0.25) is 0 Å². The number of hydrogen-bond acceptors (Lipinski definition) is 3. The average Bonchev–Trinajstić information content (AvgIpc) is 2.84. The summed E-state index contributed by atoms with van der Waals surface area (Å²) in [5, 5.41) is 0. The lowest BCUT2D eigenvalue weighted by molar-refractivity contribution is -0.0426. The lowest BCUT2D eigenvalue weighted by Crippen LogP contribution is -2.63. The molecule has 0 amide bonds. The first kappa shape index (κ1) is 12.3. The summed E-state index contributed by atoms with van der Waals surface area (Å²) < 4.78 is 12.1. The summed E-state index contributed by atoms with van der Waals surface area (Å²) in [6.45, 7) is 1.21. The zero-order valence-corrected chi connectivity index (χ0v) is 12.9. The molecule has 1 aromatic carbocycles. The molecule has 0 radical (unpaired) electrons. The van der Waals surface area contributed by atoms with E-state index in [-0.39, 0.29) is 5.41 Å². The Kier molecular flexibility index (Phi) is 2.32. The molecule has 112 valence electrons. The number of ether oxygens (including phenoxy) is 2. The second-order valence-electron chi connectivity index (χ2n) is 7.32. The first-order valence-corrected chi connectivity index (χ1v) is 8.33. The van der Waals surface area contributed by atoms with E-state index in [1.54, 1.807) is 7.11 Å². The van der Waals surface area contributed by atoms with Crippen molar-refractivity contribution in [3.63, 3.8) is 0 Å². The van der Waals surface area contributed by atoms with Gasteiger partial charge in [-0.25, -0.2) is 0 Å². The first-order chi connectivity index (χ1) is 10.3. The minimum atomic E-state index is 0.285. The first-order valence-electron chi connectivity index (χ1n) is 8.33. The molecule has 2 aliphatic carbocycles. The Labute approximate surface area is 126 Å². The highest BCUT2D eigenvalue weighted by atomic mass is 16.5. The molecular formula is C18H23NO2. The third-order valence-corrected chi connectivity index (χ3v) is 6.71. The Morgan fingerprint density at radius 3 is 3.10 bits per heavy atom. The lowest BCUT2D eigenvalue weighted by Gasteiger charge is -2.57. The molecule has 3 heteroatoms. The van der Waals surface area contributed by atoms with Gasteiger partial charge in [-0.2, -0.15) is 0 Å². The Morgan fingerprint density at radius 1 is 1.33 bits per heavy atom. The molecule has 1 spiro atoms. The van der Waals surface area contributed by atoms with E-state index in [9.17, 15) is 0 Å². The zero-order chi connectivity index (χ0) is 14.2. The van der Waals surface area contributed by atoms with Gasteiger partial charge in [0, 0.05) is 17.0 Å². The molecule has 1 saturated heterocycles. The van der Waals surface area contributed by atoms with Crippen molar-refractivity contribution in [1.29, 1.82) is 0 Å². The van der Waals surface area contributed by atoms with E-state index in [2.05, 4.69) is 24.1 Å². The van der Waals surface area contributed by atoms with E-state index >= 15 is 0 Å². The summed E-state index contributed by atoms with van der Waals surface area (Å²) in [5.74, 6) is 2.79. The van der Waals surface area contributed by atoms with Crippen molar-refractivity contribution in [1.82, 2.24) is 4.90 Å². The molecule has 1 saturated carbocycles. The van der Waals surface area contributed by atoms with E-state index < -0.39 is 0 Å². The van der Waals surface area contributed by atoms with Crippen LogP contribution in [0.3, 0.4) is 0 Å². The minimum absolute atomic E-state index is 0.285. The standard InChI is InChI=1S/C18H23NO2/c1-19-9-8-18-12-4-3-5-15(18)21-17-14(20-2)7-6-11(16(17)18)10-13(12)19/h6-7,12-13,15H,3-5,8-10H2,1-2H3/t12-,13+,15-,18+/m1/s1. The minimum Gasteiger partial charge on any atom is -0.493 e. The van der Waals surface area contributed by atoms with E-state index in [0.717, 1.165) is 17.4 Å². The number of piperidine rings is 1. The van der Waals surface area contributed by atoms with Gasteiger partial charge >= 0.3 is 0 Å². The summed E-state index contributed by atoms with van der Waals surface area (Å²) in [6, 6.07) is 5.11. The van der Waals surface area contributed by atoms with Crippen molar-refractivity contribution in [3.8, 4) is 11.5 Å². The van der Waals surface area contributed by atoms with Crippen LogP contribution >= 0.6 is 0 Å². The number of rotatable bonds is 1. The van der Waals surface area contributed by atoms with E-state index in [1.165, 1.54) is 49.8 Å². The van der Waals surface area contributed by atoms with Gasteiger partial charge < -0.3 is 14.4 Å². The number of likely N-dealkylation sites (N-methyl/N-ethyl adjacent to an activating group) is 1. The molecular weight excluding hydrogens is 262 g/mol. The summed E-state index contributed by atoms with van der Waals surface area (Å²) in [6.07, 6.45) is 6.72. The maximum Gasteiger partial charge on any atom is 0.165 e. The van der Waals surface area contributed by atoms with Gasteiger partial charge in [0.25, 0.3) is 0 Å². The molecule has 2 fully saturated rings. The number of benzene rings is 1. The largest absolute Gasteiger partial charge is 0.493 e. The maximum absolute atomic E-state index is 6.49. The predicted molar refractivity (Wildman–Crippen MR) is 81.2 cm³/mol. The van der Waals surface area contributed by atoms with Gasteiger partial charge in [0.05, 0.1) is 7.11 Å². The smallest absolute Gasteiger partial charge is 0.165 e. The van der Waals surface area contributed by atoms with Gasteiger partial charge in [-0.15, -0.1) is 0 Å². The molecule has 2 heterocycles. The Balaban J connectivity index is 1.79. The van der Waals surface area contributed by atoms with E-state index in [0.29, 0.717) is 12.1 Å². The summed E-state index contributed by atoms with van der Waals surface area (Å²) in [7, 11) is 4.07. The molecule has 4 atom stereocenters. The Morgan fingerprint density at radius 2 is 2.24 bits per heavy atom. The Bertz CT molecular complexity index is 613. The maximum atomic E-state index is 6.49. The molecule has 3 nitrogen and oxygen atoms in total. The van der Waals surface area contributed by atoms with Crippen LogP contribution in [0.2, 0.25) is 0 Å². The summed E-state index contributed by atoms with van der Waals surface area (Å²) in [5.41, 5.74) is 3.33. The number of nitrogens with zero attached hydrogens (tertiary/aromatic N) is 1. The van der Waals surface area contributed by atoms with Gasteiger partial charge in [0.1, 0.15) is 6.10 Å². The molecule has 1 aromatic rings. The van der Waals surface area contributed by atoms with Gasteiger partial charge in [0.15, 0.2) is 11.5 Å². The molecule has 5 rings (SSSR count). The molecule has 4 aliphatic rings. The van der Waals surface area contributed by atoms with Crippen LogP contribution in [0.5, 0.6) is 11.5 Å². The second kappa shape index (κ2) is 3.95. The van der Waals surface area contributed by atoms with Gasteiger partial charge in [-0.1, -0.05) is 6.07 Å². The zero-order valence-electron chi connectivity index (χ0n) is 12.9. The third-order valence-electron chi connectivity index (χ3n) is 6.71. The topological polar surface area (TPSA) is 21.7 Å². The quantitative estimate of drug-likeness (QED) is 0.792. The molecule has 2 aliphatic heterocycles. The predicted octanol–water partition coefficient (Wildman–Crippen LogP) is 2.75. The van der Waals surface area contributed by atoms with E-state index in [1.807, 2.05) is 0 Å². The van der Waals surface area contributed by atoms with Crippen LogP contribution in [0.15, 0.2) is 12.1 Å². The average molecular weight is 285 g/mol. The van der Waals surface area contributed by atoms with Crippen molar-refractivity contribution in [2.75, 3.05) is 20.7 Å². The Hall–Kier alpha value is -1.22. The second-order valence-corrected chi connectivity index (χ2v) is 7.32. The van der Waals surface area contributed by atoms with Crippen molar-refractivity contribution in [3.05, 3.63) is 23.3 Å². The van der Waals surface area contributed by atoms with Crippen LogP contribution in [0.25, 0.3) is 0 Å². The number of likely N-dealkylation sites (tertiary alicyclic amines) is 1. The van der Waals surface area contributed by atoms with Crippen LogP contribution in [0, 0.1) is 5.92 Å². The van der Waals surface area contributed by atoms with Crippen molar-refractivity contribution in [2.24, 2.45) is 5.92 Å². The van der Waals surface area contributed by atoms with Crippen LogP contribution in [0.4, 0.5) is 0 Å². The van der Waals surface area contributed by atoms with Gasteiger partial charge in [-0.3, -0.25) is 0 Å². The fourth-order valence-corrected chi connectivity index (χ4v) is 5.86. The fourth-order valence-electron chi connectivity index (χ4n) is 5.86. The third kappa shape index (κ3) is 1.30.